The van der Waals surface area contributed by atoms with Crippen LogP contribution < -0.4 is 5.56 Å². The molecule has 0 spiro atoms. The highest BCUT2D eigenvalue weighted by atomic mass is 35.5. The highest BCUT2D eigenvalue weighted by molar-refractivity contribution is 6.30. The predicted octanol–water partition coefficient (Wildman–Crippen LogP) is 5.94. The van der Waals surface area contributed by atoms with Crippen molar-refractivity contribution in [1.29, 1.82) is 0 Å². The second-order valence-electron chi connectivity index (χ2n) is 9.40. The summed E-state index contributed by atoms with van der Waals surface area (Å²) >= 11 is 6.12. The number of para-hydroxylation sites is 1. The van der Waals surface area contributed by atoms with Gasteiger partial charge in [-0.25, -0.2) is 4.98 Å². The maximum Gasteiger partial charge on any atom is 0.266 e. The Kier molecular flexibility index (Phi) is 8.58. The van der Waals surface area contributed by atoms with Crippen molar-refractivity contribution < 1.29 is 9.53 Å². The molecule has 1 unspecified atom stereocenters. The van der Waals surface area contributed by atoms with Crippen molar-refractivity contribution in [3.8, 4) is 5.69 Å². The van der Waals surface area contributed by atoms with Crippen molar-refractivity contribution in [1.82, 2.24) is 14.5 Å². The number of rotatable bonds is 10. The van der Waals surface area contributed by atoms with Crippen LogP contribution in [-0.2, 0) is 9.53 Å². The Labute approximate surface area is 211 Å². The molecule has 3 aromatic rings. The summed E-state index contributed by atoms with van der Waals surface area (Å²) in [4.78, 5) is 33.9. The molecule has 1 heterocycles. The first-order valence-electron chi connectivity index (χ1n) is 12.6. The molecule has 35 heavy (non-hydrogen) atoms. The third kappa shape index (κ3) is 5.93. The number of nitrogens with zero attached hydrogens (tertiary/aromatic N) is 3. The van der Waals surface area contributed by atoms with Gasteiger partial charge in [0.1, 0.15) is 5.82 Å². The summed E-state index contributed by atoms with van der Waals surface area (Å²) in [5.74, 6) is 1.29. The summed E-state index contributed by atoms with van der Waals surface area (Å²) in [6.45, 7) is 3.07. The molecule has 1 aliphatic carbocycles. The van der Waals surface area contributed by atoms with E-state index >= 15 is 0 Å². The molecule has 1 atom stereocenters. The Morgan fingerprint density at radius 3 is 2.60 bits per heavy atom. The van der Waals surface area contributed by atoms with E-state index in [0.717, 1.165) is 12.8 Å². The molecule has 2 aromatic carbocycles. The molecule has 6 nitrogen and oxygen atoms in total. The van der Waals surface area contributed by atoms with Crippen LogP contribution in [0.3, 0.4) is 0 Å². The highest BCUT2D eigenvalue weighted by Gasteiger charge is 2.27. The minimum Gasteiger partial charge on any atom is -0.385 e. The molecule has 0 saturated heterocycles. The smallest absolute Gasteiger partial charge is 0.266 e. The van der Waals surface area contributed by atoms with Crippen molar-refractivity contribution in [2.45, 2.75) is 57.9 Å². The molecule has 1 saturated carbocycles. The van der Waals surface area contributed by atoms with E-state index in [-0.39, 0.29) is 11.5 Å². The van der Waals surface area contributed by atoms with Crippen molar-refractivity contribution in [3.63, 3.8) is 0 Å². The molecule has 186 valence electrons. The van der Waals surface area contributed by atoms with Gasteiger partial charge < -0.3 is 9.64 Å². The monoisotopic (exact) mass is 495 g/mol. The first kappa shape index (κ1) is 25.4. The Bertz CT molecular complexity index is 1200. The molecular formula is C28H34ClN3O3. The number of benzene rings is 2. The van der Waals surface area contributed by atoms with Gasteiger partial charge in [-0.1, -0.05) is 49.4 Å². The summed E-state index contributed by atoms with van der Waals surface area (Å²) < 4.78 is 6.88. The van der Waals surface area contributed by atoms with Gasteiger partial charge in [0.15, 0.2) is 0 Å². The summed E-state index contributed by atoms with van der Waals surface area (Å²) in [7, 11) is 1.67. The predicted molar refractivity (Wildman–Crippen MR) is 140 cm³/mol. The summed E-state index contributed by atoms with van der Waals surface area (Å²) in [6.07, 6.45) is 7.11. The van der Waals surface area contributed by atoms with E-state index in [1.165, 1.54) is 25.7 Å². The van der Waals surface area contributed by atoms with Gasteiger partial charge in [-0.15, -0.1) is 0 Å². The van der Waals surface area contributed by atoms with Crippen LogP contribution in [0, 0.1) is 5.92 Å². The highest BCUT2D eigenvalue weighted by Crippen LogP contribution is 2.30. The van der Waals surface area contributed by atoms with Crippen LogP contribution in [0.15, 0.2) is 53.3 Å². The number of carbonyl (C=O) groups is 1. The number of hydrogen-bond donors (Lipinski definition) is 0. The van der Waals surface area contributed by atoms with Gasteiger partial charge in [0, 0.05) is 31.7 Å². The number of halogens is 1. The normalized spacial score (nSPS) is 14.9. The second kappa shape index (κ2) is 11.8. The van der Waals surface area contributed by atoms with Gasteiger partial charge in [-0.05, 0) is 62.1 Å². The van der Waals surface area contributed by atoms with Crippen molar-refractivity contribution >= 4 is 28.4 Å². The molecule has 0 N–H and O–H groups in total. The molecule has 1 aromatic heterocycles. The maximum absolute atomic E-state index is 13.7. The third-order valence-electron chi connectivity index (χ3n) is 7.04. The zero-order chi connectivity index (χ0) is 24.8. The van der Waals surface area contributed by atoms with Gasteiger partial charge >= 0.3 is 0 Å². The molecule has 1 amide bonds. The van der Waals surface area contributed by atoms with Gasteiger partial charge in [0.05, 0.1) is 22.6 Å². The van der Waals surface area contributed by atoms with Gasteiger partial charge in [-0.2, -0.15) is 0 Å². The van der Waals surface area contributed by atoms with Crippen LogP contribution in [0.4, 0.5) is 0 Å². The van der Waals surface area contributed by atoms with Gasteiger partial charge in [-0.3, -0.25) is 14.2 Å². The third-order valence-corrected chi connectivity index (χ3v) is 7.29. The van der Waals surface area contributed by atoms with E-state index < -0.39 is 6.04 Å². The number of carbonyl (C=O) groups excluding carboxylic acids is 1. The molecule has 7 heteroatoms. The molecule has 4 rings (SSSR count). The van der Waals surface area contributed by atoms with Crippen molar-refractivity contribution in [2.75, 3.05) is 20.3 Å². The second-order valence-corrected chi connectivity index (χ2v) is 9.84. The summed E-state index contributed by atoms with van der Waals surface area (Å²) in [6, 6.07) is 14.1. The average Bonchev–Trinajstić information content (AvgIpc) is 3.39. The van der Waals surface area contributed by atoms with Crippen LogP contribution in [0.1, 0.15) is 63.7 Å². The van der Waals surface area contributed by atoms with Crippen molar-refractivity contribution in [3.05, 3.63) is 69.7 Å². The molecule has 0 bridgehead atoms. The molecule has 1 fully saturated rings. The number of hydrogen-bond acceptors (Lipinski definition) is 4. The summed E-state index contributed by atoms with van der Waals surface area (Å²) in [5, 5.41) is 1.13. The molecule has 0 radical (unpaired) electrons. The van der Waals surface area contributed by atoms with Crippen molar-refractivity contribution in [2.24, 2.45) is 5.92 Å². The minimum atomic E-state index is -0.393. The van der Waals surface area contributed by atoms with E-state index in [9.17, 15) is 9.59 Å². The summed E-state index contributed by atoms with van der Waals surface area (Å²) in [5.41, 5.74) is 1.14. The zero-order valence-corrected chi connectivity index (χ0v) is 21.3. The lowest BCUT2D eigenvalue weighted by Gasteiger charge is -2.31. The number of aromatic nitrogens is 2. The van der Waals surface area contributed by atoms with E-state index in [4.69, 9.17) is 21.3 Å². The minimum absolute atomic E-state index is 0.102. The molecular weight excluding hydrogens is 462 g/mol. The van der Waals surface area contributed by atoms with Crippen LogP contribution in [0.25, 0.3) is 16.6 Å². The maximum atomic E-state index is 13.7. The lowest BCUT2D eigenvalue weighted by atomic mass is 10.0. The van der Waals surface area contributed by atoms with E-state index in [1.807, 2.05) is 42.2 Å². The fraction of sp³-hybridized carbons (Fsp3) is 0.464. The Balaban J connectivity index is 1.74. The number of amides is 1. The standard InChI is InChI=1S/C28H34ClN3O3/c1-20(31(18-7-19-35-2)26(33)17-12-21-8-3-4-9-21)27-30-25-11-6-5-10-24(25)28(34)32(27)23-15-13-22(29)14-16-23/h5-6,10-11,13-16,20-21H,3-4,7-9,12,17-19H2,1-2H3. The van der Waals surface area contributed by atoms with Crippen LogP contribution >= 0.6 is 11.6 Å². The SMILES string of the molecule is COCCCN(C(=O)CCC1CCCC1)C(C)c1nc2ccccc2c(=O)n1-c1ccc(Cl)cc1. The van der Waals surface area contributed by atoms with E-state index in [1.54, 1.807) is 29.9 Å². The fourth-order valence-electron chi connectivity index (χ4n) is 5.09. The number of methoxy groups -OCH3 is 1. The first-order valence-corrected chi connectivity index (χ1v) is 12.9. The van der Waals surface area contributed by atoms with Crippen LogP contribution in [0.5, 0.6) is 0 Å². The lowest BCUT2D eigenvalue weighted by Crippen LogP contribution is -2.38. The lowest BCUT2D eigenvalue weighted by molar-refractivity contribution is -0.134. The Morgan fingerprint density at radius 1 is 1.17 bits per heavy atom. The largest absolute Gasteiger partial charge is 0.385 e. The fourth-order valence-corrected chi connectivity index (χ4v) is 5.22. The van der Waals surface area contributed by atoms with Crippen LogP contribution in [0.2, 0.25) is 5.02 Å². The topological polar surface area (TPSA) is 64.4 Å². The number of ether oxygens (including phenoxy) is 1. The number of fused-ring (bicyclic) bond motifs is 1. The Hall–Kier alpha value is -2.70. The van der Waals surface area contributed by atoms with Crippen LogP contribution in [-0.4, -0.2) is 40.6 Å². The Morgan fingerprint density at radius 2 is 1.89 bits per heavy atom. The average molecular weight is 496 g/mol. The first-order chi connectivity index (χ1) is 17.0. The quantitative estimate of drug-likeness (QED) is 0.327. The molecule has 1 aliphatic rings. The van der Waals surface area contributed by atoms with Gasteiger partial charge in [0.25, 0.3) is 5.56 Å². The zero-order valence-electron chi connectivity index (χ0n) is 20.6. The van der Waals surface area contributed by atoms with E-state index in [0.29, 0.717) is 52.9 Å². The van der Waals surface area contributed by atoms with E-state index in [2.05, 4.69) is 0 Å². The van der Waals surface area contributed by atoms with Gasteiger partial charge in [0.2, 0.25) is 5.91 Å². The molecule has 0 aliphatic heterocycles.